The van der Waals surface area contributed by atoms with Crippen molar-refractivity contribution in [2.75, 3.05) is 5.32 Å². The van der Waals surface area contributed by atoms with Crippen molar-refractivity contribution in [2.45, 2.75) is 26.3 Å². The number of halogens is 1. The number of anilines is 1. The number of guanidine groups is 1. The molecule has 0 unspecified atom stereocenters. The molecule has 2 N–H and O–H groups in total. The van der Waals surface area contributed by atoms with Crippen LogP contribution in [0.2, 0.25) is 0 Å². The zero-order valence-corrected chi connectivity index (χ0v) is 13.5. The number of nitriles is 1. The molecule has 0 fully saturated rings. The van der Waals surface area contributed by atoms with E-state index in [9.17, 15) is 0 Å². The monoisotopic (exact) mass is 383 g/mol. The lowest BCUT2D eigenvalue weighted by atomic mass is 10.1. The Morgan fingerprint density at radius 2 is 2.10 bits per heavy atom. The molecule has 0 aliphatic heterocycles. The molecular formula is C12H14IN7. The maximum Gasteiger partial charge on any atom is 0.209 e. The normalized spacial score (nSPS) is 11.2. The summed E-state index contributed by atoms with van der Waals surface area (Å²) < 4.78 is 0.905. The highest BCUT2D eigenvalue weighted by atomic mass is 127. The largest absolute Gasteiger partial charge is 0.325 e. The first-order chi connectivity index (χ1) is 9.34. The fraction of sp³-hybridized carbons (Fsp3) is 0.333. The number of azide groups is 1. The lowest BCUT2D eigenvalue weighted by Crippen LogP contribution is -2.30. The molecule has 0 aliphatic carbocycles. The van der Waals surface area contributed by atoms with Crippen molar-refractivity contribution in [3.8, 4) is 6.19 Å². The lowest BCUT2D eigenvalue weighted by Gasteiger charge is -2.16. The fourth-order valence-electron chi connectivity index (χ4n) is 1.37. The van der Waals surface area contributed by atoms with Gasteiger partial charge in [-0.2, -0.15) is 5.26 Å². The van der Waals surface area contributed by atoms with Gasteiger partial charge in [0.05, 0.1) is 5.54 Å². The third-order valence-electron chi connectivity index (χ3n) is 1.93. The van der Waals surface area contributed by atoms with Gasteiger partial charge in [0, 0.05) is 19.9 Å². The summed E-state index contributed by atoms with van der Waals surface area (Å²) in [5.41, 5.74) is 9.32. The number of nitrogens with one attached hydrogen (secondary N) is 2. The molecule has 20 heavy (non-hydrogen) atoms. The summed E-state index contributed by atoms with van der Waals surface area (Å²) in [6.07, 6.45) is 1.84. The summed E-state index contributed by atoms with van der Waals surface area (Å²) in [7, 11) is 0. The van der Waals surface area contributed by atoms with Gasteiger partial charge in [-0.1, -0.05) is 5.11 Å². The van der Waals surface area contributed by atoms with Gasteiger partial charge < -0.3 is 5.32 Å². The fourth-order valence-corrected chi connectivity index (χ4v) is 2.02. The summed E-state index contributed by atoms with van der Waals surface area (Å²) in [4.78, 5) is 7.12. The van der Waals surface area contributed by atoms with Crippen molar-refractivity contribution in [1.29, 1.82) is 5.26 Å². The van der Waals surface area contributed by atoms with Crippen molar-refractivity contribution >= 4 is 39.9 Å². The van der Waals surface area contributed by atoms with Gasteiger partial charge in [0.1, 0.15) is 0 Å². The van der Waals surface area contributed by atoms with Crippen LogP contribution in [0.4, 0.5) is 11.4 Å². The first-order valence-corrected chi connectivity index (χ1v) is 6.79. The molecule has 0 aromatic heterocycles. The number of hydrogen-bond donors (Lipinski definition) is 2. The molecule has 0 bridgehead atoms. The Hall–Kier alpha value is -1.98. The number of benzene rings is 1. The van der Waals surface area contributed by atoms with Crippen LogP contribution in [0.1, 0.15) is 20.8 Å². The number of rotatable bonds is 2. The zero-order valence-electron chi connectivity index (χ0n) is 11.3. The molecule has 8 heteroatoms. The molecule has 1 aromatic rings. The van der Waals surface area contributed by atoms with E-state index in [2.05, 4.69) is 48.2 Å². The topological polar surface area (TPSA) is 109 Å². The van der Waals surface area contributed by atoms with E-state index in [0.717, 1.165) is 3.57 Å². The van der Waals surface area contributed by atoms with Gasteiger partial charge >= 0.3 is 0 Å². The van der Waals surface area contributed by atoms with Crippen LogP contribution in [0.15, 0.2) is 28.3 Å². The van der Waals surface area contributed by atoms with Crippen LogP contribution in [-0.4, -0.2) is 11.5 Å². The van der Waals surface area contributed by atoms with Gasteiger partial charge in [0.25, 0.3) is 0 Å². The molecule has 7 nitrogen and oxygen atoms in total. The molecule has 0 spiro atoms. The predicted octanol–water partition coefficient (Wildman–Crippen LogP) is 3.87. The van der Waals surface area contributed by atoms with Gasteiger partial charge in [0.15, 0.2) is 6.19 Å². The molecule has 1 rings (SSSR count). The molecule has 104 valence electrons. The summed E-state index contributed by atoms with van der Waals surface area (Å²) in [6, 6.07) is 5.29. The van der Waals surface area contributed by atoms with Crippen LogP contribution >= 0.6 is 22.6 Å². The minimum absolute atomic E-state index is 0.332. The molecule has 0 saturated heterocycles. The summed E-state index contributed by atoms with van der Waals surface area (Å²) in [5, 5.41) is 17.8. The van der Waals surface area contributed by atoms with Crippen LogP contribution in [0.25, 0.3) is 10.4 Å². The first kappa shape index (κ1) is 16.1. The molecule has 0 aliphatic rings. The summed E-state index contributed by atoms with van der Waals surface area (Å²) in [5.74, 6) is 0.342. The van der Waals surface area contributed by atoms with Crippen LogP contribution in [0.5, 0.6) is 0 Å². The van der Waals surface area contributed by atoms with Crippen LogP contribution in [0, 0.1) is 15.0 Å². The maximum atomic E-state index is 8.75. The van der Waals surface area contributed by atoms with E-state index >= 15 is 0 Å². The van der Waals surface area contributed by atoms with Crippen molar-refractivity contribution < 1.29 is 0 Å². The van der Waals surface area contributed by atoms with Gasteiger partial charge in [-0.15, -0.1) is 0 Å². The highest BCUT2D eigenvalue weighted by Gasteiger charge is 2.10. The standard InChI is InChI=1S/C12H14IN7/c1-12(2,3)18-11(16-7-14)17-9-4-8(13)5-10(6-9)19-20-15/h4-6H,1-3H3,(H2,16,17,18). The average Bonchev–Trinajstić information content (AvgIpc) is 2.26. The molecule has 0 radical (unpaired) electrons. The lowest BCUT2D eigenvalue weighted by molar-refractivity contribution is 0.581. The smallest absolute Gasteiger partial charge is 0.209 e. The highest BCUT2D eigenvalue weighted by molar-refractivity contribution is 14.1. The summed E-state index contributed by atoms with van der Waals surface area (Å²) in [6.45, 7) is 5.77. The van der Waals surface area contributed by atoms with E-state index < -0.39 is 0 Å². The third kappa shape index (κ3) is 5.77. The van der Waals surface area contributed by atoms with Gasteiger partial charge in [-0.25, -0.2) is 4.99 Å². The maximum absolute atomic E-state index is 8.75. The molecule has 0 atom stereocenters. The Labute approximate surface area is 130 Å². The van der Waals surface area contributed by atoms with Crippen LogP contribution in [-0.2, 0) is 0 Å². The Morgan fingerprint density at radius 3 is 2.65 bits per heavy atom. The number of aliphatic imine (C=N–C) groups is 1. The quantitative estimate of drug-likeness (QED) is 0.118. The predicted molar refractivity (Wildman–Crippen MR) is 87.5 cm³/mol. The Bertz CT molecular complexity index is 603. The van der Waals surface area contributed by atoms with E-state index in [-0.39, 0.29) is 5.54 Å². The first-order valence-electron chi connectivity index (χ1n) is 5.72. The second kappa shape index (κ2) is 6.98. The van der Waals surface area contributed by atoms with E-state index in [1.54, 1.807) is 12.1 Å². The van der Waals surface area contributed by atoms with Gasteiger partial charge in [-0.3, -0.25) is 5.32 Å². The second-order valence-corrected chi connectivity index (χ2v) is 6.13. The molecular weight excluding hydrogens is 369 g/mol. The number of hydrogen-bond acceptors (Lipinski definition) is 3. The minimum atomic E-state index is -0.332. The second-order valence-electron chi connectivity index (χ2n) is 4.88. The summed E-state index contributed by atoms with van der Waals surface area (Å²) >= 11 is 2.12. The van der Waals surface area contributed by atoms with Crippen molar-refractivity contribution in [3.63, 3.8) is 0 Å². The number of nitrogens with zero attached hydrogens (tertiary/aromatic N) is 5. The zero-order chi connectivity index (χ0) is 15.2. The average molecular weight is 383 g/mol. The molecule has 0 amide bonds. The molecule has 1 aromatic carbocycles. The Balaban J connectivity index is 3.09. The minimum Gasteiger partial charge on any atom is -0.325 e. The van der Waals surface area contributed by atoms with Crippen molar-refractivity contribution in [2.24, 2.45) is 10.1 Å². The highest BCUT2D eigenvalue weighted by Crippen LogP contribution is 2.23. The van der Waals surface area contributed by atoms with Gasteiger partial charge in [0.2, 0.25) is 5.96 Å². The van der Waals surface area contributed by atoms with Crippen LogP contribution in [0.3, 0.4) is 0 Å². The molecule has 0 saturated carbocycles. The third-order valence-corrected chi connectivity index (χ3v) is 2.55. The van der Waals surface area contributed by atoms with Crippen molar-refractivity contribution in [1.82, 2.24) is 5.32 Å². The van der Waals surface area contributed by atoms with E-state index in [1.807, 2.05) is 33.0 Å². The van der Waals surface area contributed by atoms with Crippen LogP contribution < -0.4 is 10.6 Å². The molecule has 0 heterocycles. The van der Waals surface area contributed by atoms with E-state index in [4.69, 9.17) is 10.8 Å². The van der Waals surface area contributed by atoms with Gasteiger partial charge in [-0.05, 0) is 67.1 Å². The Kier molecular flexibility index (Phi) is 5.61. The Morgan fingerprint density at radius 1 is 1.40 bits per heavy atom. The van der Waals surface area contributed by atoms with Crippen molar-refractivity contribution in [3.05, 3.63) is 32.2 Å². The van der Waals surface area contributed by atoms with E-state index in [1.165, 1.54) is 0 Å². The van der Waals surface area contributed by atoms with E-state index in [0.29, 0.717) is 17.3 Å². The SMILES string of the molecule is CC(C)(C)N=C(NC#N)Nc1cc(I)cc(N=[N+]=[N-])c1.